The smallest absolute Gasteiger partial charge is 0.255 e. The second-order valence-electron chi connectivity index (χ2n) is 4.01. The monoisotopic (exact) mass is 274 g/mol. The lowest BCUT2D eigenvalue weighted by molar-refractivity contribution is 0.0790. The Bertz CT molecular complexity index is 398. The van der Waals surface area contributed by atoms with Gasteiger partial charge in [0.25, 0.3) is 5.91 Å². The summed E-state index contributed by atoms with van der Waals surface area (Å²) < 4.78 is 0. The molecule has 5 heteroatoms. The summed E-state index contributed by atoms with van der Waals surface area (Å²) in [5, 5.41) is 3.72. The third-order valence-electron chi connectivity index (χ3n) is 2.99. The molecular weight excluding hydrogens is 259 g/mol. The molecule has 1 heterocycles. The van der Waals surface area contributed by atoms with Crippen LogP contribution in [-0.4, -0.2) is 37.0 Å². The van der Waals surface area contributed by atoms with Gasteiger partial charge in [0.2, 0.25) is 0 Å². The van der Waals surface area contributed by atoms with Crippen LogP contribution >= 0.6 is 24.0 Å². The highest BCUT2D eigenvalue weighted by Gasteiger charge is 2.26. The maximum atomic E-state index is 12.1. The maximum absolute atomic E-state index is 12.1. The van der Waals surface area contributed by atoms with Gasteiger partial charge in [-0.1, -0.05) is 23.7 Å². The van der Waals surface area contributed by atoms with E-state index in [1.165, 1.54) is 0 Å². The zero-order valence-corrected chi connectivity index (χ0v) is 11.2. The average molecular weight is 275 g/mol. The molecule has 0 aliphatic carbocycles. The summed E-state index contributed by atoms with van der Waals surface area (Å²) in [6.07, 6.45) is 1.01. The lowest BCUT2D eigenvalue weighted by atomic mass is 10.2. The normalized spacial score (nSPS) is 18.9. The van der Waals surface area contributed by atoms with Gasteiger partial charge in [0.15, 0.2) is 0 Å². The Morgan fingerprint density at radius 3 is 2.76 bits per heavy atom. The first kappa shape index (κ1) is 14.3. The summed E-state index contributed by atoms with van der Waals surface area (Å²) in [6, 6.07) is 7.61. The van der Waals surface area contributed by atoms with Gasteiger partial charge < -0.3 is 10.2 Å². The number of likely N-dealkylation sites (N-methyl/N-ethyl adjacent to an activating group) is 1. The van der Waals surface area contributed by atoms with E-state index in [1.54, 1.807) is 12.1 Å². The Labute approximate surface area is 113 Å². The number of likely N-dealkylation sites (tertiary alicyclic amines) is 1. The van der Waals surface area contributed by atoms with Crippen LogP contribution in [0.2, 0.25) is 5.02 Å². The first-order valence-corrected chi connectivity index (χ1v) is 5.81. The van der Waals surface area contributed by atoms with Crippen LogP contribution in [0.1, 0.15) is 16.8 Å². The van der Waals surface area contributed by atoms with Crippen LogP contribution in [-0.2, 0) is 0 Å². The Kier molecular flexibility index (Phi) is 5.25. The number of benzene rings is 1. The molecule has 3 nitrogen and oxygen atoms in total. The van der Waals surface area contributed by atoms with Gasteiger partial charge >= 0.3 is 0 Å². The summed E-state index contributed by atoms with van der Waals surface area (Å²) >= 11 is 6.00. The van der Waals surface area contributed by atoms with Crippen LogP contribution in [0.4, 0.5) is 0 Å². The van der Waals surface area contributed by atoms with E-state index in [0.717, 1.165) is 19.5 Å². The number of hydrogen-bond acceptors (Lipinski definition) is 2. The fourth-order valence-corrected chi connectivity index (χ4v) is 2.20. The number of halogens is 2. The molecule has 94 valence electrons. The fraction of sp³-hybridized carbons (Fsp3) is 0.417. The molecule has 1 atom stereocenters. The van der Waals surface area contributed by atoms with Crippen molar-refractivity contribution in [3.63, 3.8) is 0 Å². The highest BCUT2D eigenvalue weighted by molar-refractivity contribution is 6.33. The molecular formula is C12H16Cl2N2O. The largest absolute Gasteiger partial charge is 0.337 e. The van der Waals surface area contributed by atoms with Crippen molar-refractivity contribution < 1.29 is 4.79 Å². The van der Waals surface area contributed by atoms with Gasteiger partial charge in [0.05, 0.1) is 10.6 Å². The molecule has 1 amide bonds. The zero-order valence-electron chi connectivity index (χ0n) is 9.65. The van der Waals surface area contributed by atoms with Crippen molar-refractivity contribution in [1.29, 1.82) is 0 Å². The standard InChI is InChI=1S/C12H15ClN2O.ClH/c1-14-9-6-7-15(8-9)12(16)10-4-2-3-5-11(10)13;/h2-5,9,14H,6-8H2,1H3;1H/t9-;/m0./s1. The van der Waals surface area contributed by atoms with Crippen molar-refractivity contribution >= 4 is 29.9 Å². The Morgan fingerprint density at radius 1 is 1.47 bits per heavy atom. The van der Waals surface area contributed by atoms with Crippen molar-refractivity contribution in [3.8, 4) is 0 Å². The van der Waals surface area contributed by atoms with Crippen molar-refractivity contribution in [2.24, 2.45) is 0 Å². The number of nitrogens with one attached hydrogen (secondary N) is 1. The second kappa shape index (κ2) is 6.24. The summed E-state index contributed by atoms with van der Waals surface area (Å²) in [5.41, 5.74) is 0.598. The first-order valence-electron chi connectivity index (χ1n) is 5.43. The van der Waals surface area contributed by atoms with Gasteiger partial charge in [-0.15, -0.1) is 12.4 Å². The highest BCUT2D eigenvalue weighted by atomic mass is 35.5. The first-order chi connectivity index (χ1) is 7.72. The highest BCUT2D eigenvalue weighted by Crippen LogP contribution is 2.19. The van der Waals surface area contributed by atoms with Crippen molar-refractivity contribution in [2.45, 2.75) is 12.5 Å². The SMILES string of the molecule is CN[C@H]1CCN(C(=O)c2ccccc2Cl)C1.Cl. The molecule has 0 saturated carbocycles. The van der Waals surface area contributed by atoms with Crippen LogP contribution in [0, 0.1) is 0 Å². The van der Waals surface area contributed by atoms with Crippen LogP contribution in [0.25, 0.3) is 0 Å². The molecule has 0 spiro atoms. The van der Waals surface area contributed by atoms with E-state index in [1.807, 2.05) is 24.1 Å². The molecule has 1 fully saturated rings. The molecule has 0 aromatic heterocycles. The van der Waals surface area contributed by atoms with Crippen molar-refractivity contribution in [3.05, 3.63) is 34.9 Å². The molecule has 1 aliphatic heterocycles. The van der Waals surface area contributed by atoms with E-state index in [9.17, 15) is 4.79 Å². The minimum atomic E-state index is 0. The van der Waals surface area contributed by atoms with Gasteiger partial charge in [0.1, 0.15) is 0 Å². The fourth-order valence-electron chi connectivity index (χ4n) is 1.99. The molecule has 2 rings (SSSR count). The van der Waals surface area contributed by atoms with Gasteiger partial charge in [-0.25, -0.2) is 0 Å². The molecule has 1 aliphatic rings. The minimum Gasteiger partial charge on any atom is -0.337 e. The molecule has 0 radical (unpaired) electrons. The van der Waals surface area contributed by atoms with Gasteiger partial charge in [-0.3, -0.25) is 4.79 Å². The van der Waals surface area contributed by atoms with Crippen LogP contribution in [0.5, 0.6) is 0 Å². The van der Waals surface area contributed by atoms with Crippen molar-refractivity contribution in [1.82, 2.24) is 10.2 Å². The molecule has 1 aromatic rings. The number of amides is 1. The lowest BCUT2D eigenvalue weighted by Gasteiger charge is -2.17. The van der Waals surface area contributed by atoms with Gasteiger partial charge in [-0.2, -0.15) is 0 Å². The molecule has 1 aromatic carbocycles. The van der Waals surface area contributed by atoms with Crippen LogP contribution in [0.3, 0.4) is 0 Å². The number of nitrogens with zero attached hydrogens (tertiary/aromatic N) is 1. The topological polar surface area (TPSA) is 32.3 Å². The Balaban J connectivity index is 0.00000144. The second-order valence-corrected chi connectivity index (χ2v) is 4.41. The quantitative estimate of drug-likeness (QED) is 0.897. The maximum Gasteiger partial charge on any atom is 0.255 e. The van der Waals surface area contributed by atoms with E-state index < -0.39 is 0 Å². The predicted octanol–water partition coefficient (Wildman–Crippen LogP) is 2.20. The minimum absolute atomic E-state index is 0. The summed E-state index contributed by atoms with van der Waals surface area (Å²) in [5.74, 6) is 0.0309. The number of carbonyl (C=O) groups excluding carboxylic acids is 1. The molecule has 1 N–H and O–H groups in total. The predicted molar refractivity (Wildman–Crippen MR) is 72.1 cm³/mol. The van der Waals surface area contributed by atoms with Gasteiger partial charge in [0, 0.05) is 19.1 Å². The molecule has 1 saturated heterocycles. The Hall–Kier alpha value is -0.770. The lowest BCUT2D eigenvalue weighted by Crippen LogP contribution is -2.33. The van der Waals surface area contributed by atoms with E-state index in [4.69, 9.17) is 11.6 Å². The molecule has 0 unspecified atom stereocenters. The van der Waals surface area contributed by atoms with Crippen LogP contribution in [0.15, 0.2) is 24.3 Å². The van der Waals surface area contributed by atoms with E-state index in [-0.39, 0.29) is 18.3 Å². The Morgan fingerprint density at radius 2 is 2.18 bits per heavy atom. The molecule has 17 heavy (non-hydrogen) atoms. The zero-order chi connectivity index (χ0) is 11.5. The number of rotatable bonds is 2. The third-order valence-corrected chi connectivity index (χ3v) is 3.32. The number of hydrogen-bond donors (Lipinski definition) is 1. The van der Waals surface area contributed by atoms with E-state index >= 15 is 0 Å². The molecule has 0 bridgehead atoms. The average Bonchev–Trinajstić information content (AvgIpc) is 2.77. The summed E-state index contributed by atoms with van der Waals surface area (Å²) in [4.78, 5) is 14.0. The van der Waals surface area contributed by atoms with E-state index in [0.29, 0.717) is 16.6 Å². The van der Waals surface area contributed by atoms with Crippen LogP contribution < -0.4 is 5.32 Å². The third kappa shape index (κ3) is 3.12. The number of carbonyl (C=O) groups is 1. The summed E-state index contributed by atoms with van der Waals surface area (Å²) in [6.45, 7) is 1.57. The van der Waals surface area contributed by atoms with Crippen molar-refractivity contribution in [2.75, 3.05) is 20.1 Å². The van der Waals surface area contributed by atoms with E-state index in [2.05, 4.69) is 5.32 Å². The van der Waals surface area contributed by atoms with Gasteiger partial charge in [-0.05, 0) is 25.6 Å². The summed E-state index contributed by atoms with van der Waals surface area (Å²) in [7, 11) is 1.92.